The molecule has 82 valence electrons. The predicted molar refractivity (Wildman–Crippen MR) is 55.0 cm³/mol. The Labute approximate surface area is 89.3 Å². The Morgan fingerprint density at radius 3 is 2.60 bits per heavy atom. The molecule has 1 aliphatic rings. The molecule has 1 saturated heterocycles. The molecule has 1 aliphatic heterocycles. The Morgan fingerprint density at radius 1 is 1.53 bits per heavy atom. The molecule has 4 heteroatoms. The minimum atomic E-state index is -0.815. The molecular weight excluding hydrogens is 194 g/mol. The molecule has 4 nitrogen and oxygen atoms in total. The quantitative estimate of drug-likeness (QED) is 0.682. The first-order valence-corrected chi connectivity index (χ1v) is 5.01. The number of hydrogen-bond acceptors (Lipinski definition) is 2. The van der Waals surface area contributed by atoms with Gasteiger partial charge in [0, 0.05) is 13.1 Å². The van der Waals surface area contributed by atoms with Gasteiger partial charge in [-0.3, -0.25) is 9.59 Å². The van der Waals surface area contributed by atoms with Gasteiger partial charge in [-0.1, -0.05) is 12.8 Å². The van der Waals surface area contributed by atoms with Crippen molar-refractivity contribution in [2.75, 3.05) is 13.1 Å². The summed E-state index contributed by atoms with van der Waals surface area (Å²) < 4.78 is 0. The van der Waals surface area contributed by atoms with Gasteiger partial charge in [-0.15, -0.1) is 0 Å². The fraction of sp³-hybridized carbons (Fsp3) is 0.636. The highest BCUT2D eigenvalue weighted by molar-refractivity contribution is 5.94. The predicted octanol–water partition coefficient (Wildman–Crippen LogP) is 0.723. The van der Waals surface area contributed by atoms with Crippen LogP contribution in [-0.2, 0) is 9.59 Å². The summed E-state index contributed by atoms with van der Waals surface area (Å²) in [4.78, 5) is 24.1. The van der Waals surface area contributed by atoms with Crippen LogP contribution in [0, 0.1) is 17.3 Å². The number of carboxylic acid groups (broad SMARTS) is 1. The van der Waals surface area contributed by atoms with Gasteiger partial charge in [-0.25, -0.2) is 0 Å². The summed E-state index contributed by atoms with van der Waals surface area (Å²) in [5.41, 5.74) is -0.759. The maximum atomic E-state index is 11.4. The third-order valence-electron chi connectivity index (χ3n) is 3.00. The molecule has 1 amide bonds. The molecule has 0 aromatic carbocycles. The number of aliphatic carboxylic acids is 1. The van der Waals surface area contributed by atoms with Crippen LogP contribution in [0.4, 0.5) is 0 Å². The van der Waals surface area contributed by atoms with Gasteiger partial charge >= 0.3 is 5.97 Å². The van der Waals surface area contributed by atoms with E-state index < -0.39 is 11.4 Å². The summed E-state index contributed by atoms with van der Waals surface area (Å²) in [6.07, 6.45) is 1.07. The molecule has 0 saturated carbocycles. The number of rotatable bonds is 2. The van der Waals surface area contributed by atoms with Gasteiger partial charge < -0.3 is 10.0 Å². The summed E-state index contributed by atoms with van der Waals surface area (Å²) in [5, 5.41) is 9.12. The van der Waals surface area contributed by atoms with Crippen molar-refractivity contribution in [1.29, 1.82) is 0 Å². The molecule has 1 N–H and O–H groups in total. The monoisotopic (exact) mass is 209 g/mol. The molecule has 1 atom stereocenters. The van der Waals surface area contributed by atoms with Crippen LogP contribution in [0.25, 0.3) is 0 Å². The molecule has 0 aromatic rings. The van der Waals surface area contributed by atoms with Crippen LogP contribution in [0.5, 0.6) is 0 Å². The third kappa shape index (κ3) is 2.12. The zero-order valence-corrected chi connectivity index (χ0v) is 9.04. The molecule has 1 unspecified atom stereocenters. The number of carboxylic acids is 1. The van der Waals surface area contributed by atoms with E-state index in [4.69, 9.17) is 5.11 Å². The zero-order chi connectivity index (χ0) is 11.5. The topological polar surface area (TPSA) is 57.6 Å². The Morgan fingerprint density at radius 2 is 2.20 bits per heavy atom. The molecule has 15 heavy (non-hydrogen) atoms. The van der Waals surface area contributed by atoms with Crippen LogP contribution in [0.1, 0.15) is 26.7 Å². The van der Waals surface area contributed by atoms with Crippen molar-refractivity contribution in [1.82, 2.24) is 4.90 Å². The number of hydrogen-bond donors (Lipinski definition) is 1. The highest BCUT2D eigenvalue weighted by Crippen LogP contribution is 2.33. The normalized spacial score (nSPS) is 24.5. The van der Waals surface area contributed by atoms with Gasteiger partial charge in [0.25, 0.3) is 5.91 Å². The molecule has 0 spiro atoms. The second kappa shape index (κ2) is 4.35. The minimum absolute atomic E-state index is 0.269. The van der Waals surface area contributed by atoms with E-state index in [0.717, 1.165) is 0 Å². The van der Waals surface area contributed by atoms with E-state index in [0.29, 0.717) is 19.4 Å². The van der Waals surface area contributed by atoms with Crippen LogP contribution in [0.15, 0.2) is 0 Å². The second-order valence-electron chi connectivity index (χ2n) is 3.79. The molecule has 0 bridgehead atoms. The van der Waals surface area contributed by atoms with E-state index in [-0.39, 0.29) is 12.5 Å². The third-order valence-corrected chi connectivity index (χ3v) is 3.00. The highest BCUT2D eigenvalue weighted by Gasteiger charge is 2.44. The van der Waals surface area contributed by atoms with E-state index in [2.05, 4.69) is 11.8 Å². The Balaban J connectivity index is 2.76. The smallest absolute Gasteiger partial charge is 0.311 e. The van der Waals surface area contributed by atoms with Gasteiger partial charge in [-0.05, 0) is 25.7 Å². The molecular formula is C11H15NO3. The number of amides is 1. The summed E-state index contributed by atoms with van der Waals surface area (Å²) in [5.74, 6) is 3.88. The standard InChI is InChI=1S/C11H15NO3/c1-3-5-9(13)12-7-6-11(4-2,8-12)10(14)15/h4,6-8H2,1-2H3,(H,14,15). The molecule has 0 aromatic heterocycles. The first kappa shape index (κ1) is 11.6. The van der Waals surface area contributed by atoms with Crippen molar-refractivity contribution in [2.45, 2.75) is 26.7 Å². The fourth-order valence-electron chi connectivity index (χ4n) is 1.85. The summed E-state index contributed by atoms with van der Waals surface area (Å²) >= 11 is 0. The highest BCUT2D eigenvalue weighted by atomic mass is 16.4. The zero-order valence-electron chi connectivity index (χ0n) is 9.04. The number of likely N-dealkylation sites (tertiary alicyclic amines) is 1. The van der Waals surface area contributed by atoms with Crippen LogP contribution in [-0.4, -0.2) is 35.0 Å². The maximum Gasteiger partial charge on any atom is 0.311 e. The summed E-state index contributed by atoms with van der Waals surface area (Å²) in [7, 11) is 0. The first-order chi connectivity index (χ1) is 7.05. The summed E-state index contributed by atoms with van der Waals surface area (Å²) in [6, 6.07) is 0. The average Bonchev–Trinajstić information content (AvgIpc) is 2.63. The van der Waals surface area contributed by atoms with E-state index >= 15 is 0 Å². The molecule has 0 aliphatic carbocycles. The maximum absolute atomic E-state index is 11.4. The van der Waals surface area contributed by atoms with E-state index in [1.165, 1.54) is 4.90 Å². The van der Waals surface area contributed by atoms with Gasteiger partial charge in [0.05, 0.1) is 5.41 Å². The minimum Gasteiger partial charge on any atom is -0.481 e. The van der Waals surface area contributed by atoms with Crippen molar-refractivity contribution in [3.05, 3.63) is 0 Å². The molecule has 1 rings (SSSR count). The van der Waals surface area contributed by atoms with Crippen LogP contribution in [0.3, 0.4) is 0 Å². The largest absolute Gasteiger partial charge is 0.481 e. The number of nitrogens with zero attached hydrogens (tertiary/aromatic N) is 1. The summed E-state index contributed by atoms with van der Waals surface area (Å²) in [6.45, 7) is 4.21. The van der Waals surface area contributed by atoms with Gasteiger partial charge in [0.15, 0.2) is 0 Å². The van der Waals surface area contributed by atoms with Crippen molar-refractivity contribution in [3.63, 3.8) is 0 Å². The average molecular weight is 209 g/mol. The number of carbonyl (C=O) groups excluding carboxylic acids is 1. The number of carbonyl (C=O) groups is 2. The van der Waals surface area contributed by atoms with E-state index in [9.17, 15) is 9.59 Å². The lowest BCUT2D eigenvalue weighted by atomic mass is 9.84. The SMILES string of the molecule is CC#CC(=O)N1CCC(CC)(C(=O)O)C1. The van der Waals surface area contributed by atoms with Crippen molar-refractivity contribution in [3.8, 4) is 11.8 Å². The Kier molecular flexibility index (Phi) is 3.35. The lowest BCUT2D eigenvalue weighted by molar-refractivity contribution is -0.148. The molecule has 1 heterocycles. The van der Waals surface area contributed by atoms with Gasteiger partial charge in [-0.2, -0.15) is 0 Å². The second-order valence-corrected chi connectivity index (χ2v) is 3.79. The van der Waals surface area contributed by atoms with E-state index in [1.807, 2.05) is 6.92 Å². The lowest BCUT2D eigenvalue weighted by Gasteiger charge is -2.21. The van der Waals surface area contributed by atoms with Crippen molar-refractivity contribution in [2.24, 2.45) is 5.41 Å². The van der Waals surface area contributed by atoms with Crippen LogP contribution in [0.2, 0.25) is 0 Å². The van der Waals surface area contributed by atoms with Crippen LogP contribution >= 0.6 is 0 Å². The van der Waals surface area contributed by atoms with E-state index in [1.54, 1.807) is 6.92 Å². The Hall–Kier alpha value is -1.50. The molecule has 1 fully saturated rings. The van der Waals surface area contributed by atoms with Crippen molar-refractivity contribution < 1.29 is 14.7 Å². The first-order valence-electron chi connectivity index (χ1n) is 5.01. The van der Waals surface area contributed by atoms with Crippen LogP contribution < -0.4 is 0 Å². The lowest BCUT2D eigenvalue weighted by Crippen LogP contribution is -2.36. The Bertz CT molecular complexity index is 339. The van der Waals surface area contributed by atoms with Crippen molar-refractivity contribution >= 4 is 11.9 Å². The fourth-order valence-corrected chi connectivity index (χ4v) is 1.85. The molecule has 0 radical (unpaired) electrons. The van der Waals surface area contributed by atoms with Gasteiger partial charge in [0.2, 0.25) is 0 Å². The van der Waals surface area contributed by atoms with Gasteiger partial charge in [0.1, 0.15) is 0 Å².